The molecule has 0 aromatic carbocycles. The van der Waals surface area contributed by atoms with Gasteiger partial charge in [-0.25, -0.2) is 9.59 Å². The summed E-state index contributed by atoms with van der Waals surface area (Å²) < 4.78 is 7.50. The quantitative estimate of drug-likeness (QED) is 0.393. The van der Waals surface area contributed by atoms with Crippen LogP contribution < -0.4 is 10.6 Å². The Balaban J connectivity index is 1.36. The summed E-state index contributed by atoms with van der Waals surface area (Å²) in [6.45, 7) is 10.00. The van der Waals surface area contributed by atoms with Crippen molar-refractivity contribution >= 4 is 39.7 Å². The van der Waals surface area contributed by atoms with Gasteiger partial charge in [0.2, 0.25) is 0 Å². The number of aromatic nitrogens is 1. The Morgan fingerprint density at radius 2 is 1.92 bits per heavy atom. The van der Waals surface area contributed by atoms with Crippen LogP contribution in [0.4, 0.5) is 9.80 Å². The van der Waals surface area contributed by atoms with Gasteiger partial charge in [-0.05, 0) is 68.3 Å². The molecule has 7 nitrogen and oxygen atoms in total. The normalized spacial score (nSPS) is 17.4. The van der Waals surface area contributed by atoms with Crippen LogP contribution in [-0.2, 0) is 37.1 Å². The van der Waals surface area contributed by atoms with Gasteiger partial charge in [0.25, 0.3) is 0 Å². The van der Waals surface area contributed by atoms with Gasteiger partial charge in [-0.1, -0.05) is 13.8 Å². The van der Waals surface area contributed by atoms with Crippen LogP contribution in [0, 0.1) is 5.92 Å². The summed E-state index contributed by atoms with van der Waals surface area (Å²) in [6.07, 6.45) is 7.99. The number of fused-ring (bicyclic) bond motifs is 2. The highest BCUT2D eigenvalue weighted by Crippen LogP contribution is 2.40. The molecule has 0 saturated carbocycles. The van der Waals surface area contributed by atoms with Crippen molar-refractivity contribution in [3.05, 3.63) is 56.5 Å². The lowest BCUT2D eigenvalue weighted by atomic mass is 9.88. The Bertz CT molecular complexity index is 1240. The van der Waals surface area contributed by atoms with Gasteiger partial charge in [0.1, 0.15) is 10.0 Å². The molecule has 2 aliphatic rings. The molecule has 1 unspecified atom stereocenters. The summed E-state index contributed by atoms with van der Waals surface area (Å²) in [7, 11) is 0. The first-order valence-electron chi connectivity index (χ1n) is 12.8. The van der Waals surface area contributed by atoms with Crippen molar-refractivity contribution in [1.82, 2.24) is 14.8 Å². The zero-order valence-electron chi connectivity index (χ0n) is 21.2. The van der Waals surface area contributed by atoms with E-state index in [4.69, 9.17) is 4.74 Å². The van der Waals surface area contributed by atoms with E-state index in [1.54, 1.807) is 0 Å². The summed E-state index contributed by atoms with van der Waals surface area (Å²) in [4.78, 5) is 31.0. The number of ether oxygens (including phenoxy) is 1. The minimum Gasteiger partial charge on any atom is -0.462 e. The summed E-state index contributed by atoms with van der Waals surface area (Å²) in [6, 6.07) is 3.76. The monoisotopic (exact) mass is 526 g/mol. The molecule has 1 aliphatic carbocycles. The Morgan fingerprint density at radius 3 is 2.67 bits per heavy atom. The molecule has 192 valence electrons. The average Bonchev–Trinajstić information content (AvgIpc) is 3.59. The van der Waals surface area contributed by atoms with Gasteiger partial charge in [-0.2, -0.15) is 0 Å². The van der Waals surface area contributed by atoms with Crippen molar-refractivity contribution in [3.63, 3.8) is 0 Å². The molecule has 1 atom stereocenters. The Morgan fingerprint density at radius 1 is 1.11 bits per heavy atom. The van der Waals surface area contributed by atoms with Crippen LogP contribution >= 0.6 is 22.7 Å². The highest BCUT2D eigenvalue weighted by atomic mass is 32.1. The van der Waals surface area contributed by atoms with Crippen molar-refractivity contribution in [2.75, 3.05) is 25.0 Å². The zero-order chi connectivity index (χ0) is 25.2. The Kier molecular flexibility index (Phi) is 7.50. The van der Waals surface area contributed by atoms with Crippen molar-refractivity contribution in [3.8, 4) is 5.00 Å². The van der Waals surface area contributed by atoms with Crippen LogP contribution in [0.3, 0.4) is 0 Å². The maximum Gasteiger partial charge on any atom is 0.341 e. The molecular formula is C27H34N4O3S2. The molecule has 0 spiro atoms. The molecule has 3 aromatic heterocycles. The van der Waals surface area contributed by atoms with E-state index in [2.05, 4.69) is 46.3 Å². The maximum absolute atomic E-state index is 13.1. The smallest absolute Gasteiger partial charge is 0.341 e. The molecule has 2 N–H and O–H groups in total. The number of aryl methyl sites for hydroxylation is 1. The highest BCUT2D eigenvalue weighted by Gasteiger charge is 2.30. The van der Waals surface area contributed by atoms with Crippen LogP contribution in [0.5, 0.6) is 0 Å². The van der Waals surface area contributed by atoms with E-state index in [0.717, 1.165) is 55.9 Å². The fraction of sp³-hybridized carbons (Fsp3) is 0.481. The van der Waals surface area contributed by atoms with E-state index in [9.17, 15) is 9.59 Å². The molecule has 0 fully saturated rings. The van der Waals surface area contributed by atoms with Crippen molar-refractivity contribution in [2.24, 2.45) is 5.92 Å². The average molecular weight is 527 g/mol. The molecule has 0 saturated heterocycles. The van der Waals surface area contributed by atoms with Crippen molar-refractivity contribution < 1.29 is 14.3 Å². The zero-order valence-corrected chi connectivity index (χ0v) is 22.8. The van der Waals surface area contributed by atoms with E-state index >= 15 is 0 Å². The highest BCUT2D eigenvalue weighted by molar-refractivity contribution is 7.17. The van der Waals surface area contributed by atoms with Crippen molar-refractivity contribution in [2.45, 2.75) is 59.5 Å². The lowest BCUT2D eigenvalue weighted by molar-refractivity contribution is 0.0526. The number of nitrogens with one attached hydrogen (secondary N) is 2. The van der Waals surface area contributed by atoms with Crippen LogP contribution in [0.1, 0.15) is 64.0 Å². The second kappa shape index (κ2) is 10.8. The van der Waals surface area contributed by atoms with E-state index < -0.39 is 0 Å². The van der Waals surface area contributed by atoms with Crippen LogP contribution in [0.2, 0.25) is 0 Å². The van der Waals surface area contributed by atoms with Gasteiger partial charge < -0.3 is 14.6 Å². The lowest BCUT2D eigenvalue weighted by Gasteiger charge is -2.25. The van der Waals surface area contributed by atoms with Gasteiger partial charge in [0, 0.05) is 47.3 Å². The molecule has 1 aliphatic heterocycles. The molecular weight excluding hydrogens is 492 g/mol. The topological polar surface area (TPSA) is 75.6 Å². The van der Waals surface area contributed by atoms with Gasteiger partial charge in [0.15, 0.2) is 0 Å². The molecule has 36 heavy (non-hydrogen) atoms. The third-order valence-electron chi connectivity index (χ3n) is 7.15. The van der Waals surface area contributed by atoms with Crippen LogP contribution in [0.25, 0.3) is 5.00 Å². The summed E-state index contributed by atoms with van der Waals surface area (Å²) in [5.74, 6) is 0.170. The number of carbonyl (C=O) groups is 2. The van der Waals surface area contributed by atoms with E-state index in [0.29, 0.717) is 29.6 Å². The van der Waals surface area contributed by atoms with Crippen LogP contribution in [0.15, 0.2) is 24.5 Å². The van der Waals surface area contributed by atoms with E-state index in [1.807, 2.05) is 30.4 Å². The summed E-state index contributed by atoms with van der Waals surface area (Å²) in [5.41, 5.74) is 4.14. The minimum absolute atomic E-state index is 0.295. The number of anilines is 1. The maximum atomic E-state index is 13.1. The number of thiophene rings is 2. The third kappa shape index (κ3) is 4.96. The first-order valence-corrected chi connectivity index (χ1v) is 14.5. The largest absolute Gasteiger partial charge is 0.462 e. The molecule has 2 amide bonds. The molecule has 4 heterocycles. The second-order valence-corrected chi connectivity index (χ2v) is 11.8. The molecule has 0 bridgehead atoms. The summed E-state index contributed by atoms with van der Waals surface area (Å²) in [5, 5.41) is 7.84. The minimum atomic E-state index is -0.346. The fourth-order valence-electron chi connectivity index (χ4n) is 5.22. The summed E-state index contributed by atoms with van der Waals surface area (Å²) >= 11 is 3.33. The number of esters is 1. The standard InChI is InChI=1S/C27H34N4O3S2/c1-4-30-13-10-18-20(25(36-22(18)16-30)31-11-6-7-12-31)15-28-27(33)29-24-23(26(32)34-5-2)19-14-17(3)8-9-21(19)35-24/h6-7,11-12,17H,4-5,8-10,13-16H2,1-3H3,(H2,28,29,33). The second-order valence-electron chi connectivity index (χ2n) is 9.58. The number of rotatable bonds is 7. The van der Waals surface area contributed by atoms with Gasteiger partial charge >= 0.3 is 12.0 Å². The number of urea groups is 1. The number of hydrogen-bond donors (Lipinski definition) is 2. The number of likely N-dealkylation sites (N-methyl/N-ethyl adjacent to an activating group) is 1. The predicted molar refractivity (Wildman–Crippen MR) is 146 cm³/mol. The fourth-order valence-corrected chi connectivity index (χ4v) is 7.82. The SMILES string of the molecule is CCOC(=O)c1c(NC(=O)NCc2c(-n3cccc3)sc3c2CCN(CC)C3)sc2c1CC(C)CC2. The number of carbonyl (C=O) groups excluding carboxylic acids is 2. The van der Waals surface area contributed by atoms with Gasteiger partial charge in [0.05, 0.1) is 12.2 Å². The predicted octanol–water partition coefficient (Wildman–Crippen LogP) is 5.60. The van der Waals surface area contributed by atoms with Crippen molar-refractivity contribution in [1.29, 1.82) is 0 Å². The first-order chi connectivity index (χ1) is 17.5. The Hall–Kier alpha value is -2.62. The molecule has 9 heteroatoms. The lowest BCUT2D eigenvalue weighted by Crippen LogP contribution is -2.31. The number of nitrogens with zero attached hydrogens (tertiary/aromatic N) is 2. The number of hydrogen-bond acceptors (Lipinski definition) is 6. The van der Waals surface area contributed by atoms with Gasteiger partial charge in [-0.15, -0.1) is 22.7 Å². The molecule has 5 rings (SSSR count). The molecule has 0 radical (unpaired) electrons. The van der Waals surface area contributed by atoms with E-state index in [-0.39, 0.29) is 12.0 Å². The van der Waals surface area contributed by atoms with Crippen LogP contribution in [-0.4, -0.2) is 41.2 Å². The van der Waals surface area contributed by atoms with Gasteiger partial charge in [-0.3, -0.25) is 10.2 Å². The molecule has 3 aromatic rings. The third-order valence-corrected chi connectivity index (χ3v) is 9.63. The first kappa shape index (κ1) is 25.0. The van der Waals surface area contributed by atoms with E-state index in [1.165, 1.54) is 32.2 Å². The number of amides is 2. The Labute approximate surface area is 220 Å².